The van der Waals surface area contributed by atoms with Crippen molar-refractivity contribution in [2.75, 3.05) is 12.4 Å². The van der Waals surface area contributed by atoms with Crippen LogP contribution in [0.5, 0.6) is 0 Å². The molecule has 1 amide bonds. The van der Waals surface area contributed by atoms with Crippen LogP contribution in [0, 0.1) is 17.8 Å². The summed E-state index contributed by atoms with van der Waals surface area (Å²) in [7, 11) is 1.41. The van der Waals surface area contributed by atoms with E-state index in [1.807, 2.05) is 0 Å². The number of anilines is 1. The molecular formula is C18H23NO3S. The fourth-order valence-electron chi connectivity index (χ4n) is 4.74. The van der Waals surface area contributed by atoms with Crippen LogP contribution in [0.3, 0.4) is 0 Å². The Morgan fingerprint density at radius 1 is 1.17 bits per heavy atom. The van der Waals surface area contributed by atoms with E-state index in [2.05, 4.69) is 5.32 Å². The molecule has 2 bridgehead atoms. The number of aryl methyl sites for hydroxylation is 1. The molecule has 1 aromatic heterocycles. The summed E-state index contributed by atoms with van der Waals surface area (Å²) in [6.07, 6.45) is 8.90. The van der Waals surface area contributed by atoms with Gasteiger partial charge in [0.2, 0.25) is 5.91 Å². The lowest BCUT2D eigenvalue weighted by molar-refractivity contribution is -0.121. The van der Waals surface area contributed by atoms with E-state index in [1.165, 1.54) is 31.2 Å². The van der Waals surface area contributed by atoms with Crippen LogP contribution in [0.4, 0.5) is 5.00 Å². The number of carbonyl (C=O) groups excluding carboxylic acids is 2. The molecule has 0 saturated heterocycles. The predicted molar refractivity (Wildman–Crippen MR) is 89.9 cm³/mol. The van der Waals surface area contributed by atoms with Gasteiger partial charge in [-0.25, -0.2) is 4.79 Å². The molecule has 0 unspecified atom stereocenters. The first-order valence-electron chi connectivity index (χ1n) is 8.71. The number of carbonyl (C=O) groups is 2. The maximum absolute atomic E-state index is 12.7. The monoisotopic (exact) mass is 333 g/mol. The number of esters is 1. The van der Waals surface area contributed by atoms with Crippen molar-refractivity contribution < 1.29 is 14.3 Å². The SMILES string of the molecule is COC(=O)c1c(NC(=O)[C@H]2C[C@H]3CC[C@@H]2C3)sc2c1CCCC2. The molecule has 0 radical (unpaired) electrons. The van der Waals surface area contributed by atoms with E-state index in [0.717, 1.165) is 48.6 Å². The van der Waals surface area contributed by atoms with Gasteiger partial charge in [-0.15, -0.1) is 11.3 Å². The second kappa shape index (κ2) is 5.93. The number of amides is 1. The van der Waals surface area contributed by atoms with E-state index in [4.69, 9.17) is 4.74 Å². The maximum Gasteiger partial charge on any atom is 0.341 e. The Kier molecular flexibility index (Phi) is 3.92. The zero-order chi connectivity index (χ0) is 16.0. The first-order chi connectivity index (χ1) is 11.2. The first kappa shape index (κ1) is 15.2. The molecule has 2 saturated carbocycles. The number of hydrogen-bond donors (Lipinski definition) is 1. The summed E-state index contributed by atoms with van der Waals surface area (Å²) >= 11 is 1.58. The zero-order valence-electron chi connectivity index (χ0n) is 13.5. The molecule has 124 valence electrons. The average Bonchev–Trinajstić information content (AvgIpc) is 3.27. The summed E-state index contributed by atoms with van der Waals surface area (Å²) in [4.78, 5) is 26.2. The molecule has 3 aliphatic carbocycles. The Balaban J connectivity index is 1.59. The second-order valence-electron chi connectivity index (χ2n) is 7.18. The Morgan fingerprint density at radius 3 is 2.70 bits per heavy atom. The largest absolute Gasteiger partial charge is 0.465 e. The summed E-state index contributed by atoms with van der Waals surface area (Å²) < 4.78 is 4.97. The van der Waals surface area contributed by atoms with Crippen LogP contribution < -0.4 is 5.32 Å². The van der Waals surface area contributed by atoms with Crippen LogP contribution in [0.2, 0.25) is 0 Å². The second-order valence-corrected chi connectivity index (χ2v) is 8.28. The van der Waals surface area contributed by atoms with Crippen molar-refractivity contribution in [1.29, 1.82) is 0 Å². The van der Waals surface area contributed by atoms with E-state index in [9.17, 15) is 9.59 Å². The van der Waals surface area contributed by atoms with Gasteiger partial charge in [-0.3, -0.25) is 4.79 Å². The van der Waals surface area contributed by atoms with Gasteiger partial charge in [0.15, 0.2) is 0 Å². The van der Waals surface area contributed by atoms with Gasteiger partial charge in [0, 0.05) is 10.8 Å². The standard InChI is InChI=1S/C18H23NO3S/c1-22-18(21)15-12-4-2-3-5-14(12)23-17(15)19-16(20)13-9-10-6-7-11(13)8-10/h10-11,13H,2-9H2,1H3,(H,19,20)/t10-,11+,13-/m0/s1. The highest BCUT2D eigenvalue weighted by atomic mass is 32.1. The molecule has 1 N–H and O–H groups in total. The summed E-state index contributed by atoms with van der Waals surface area (Å²) in [5.74, 6) is 1.23. The lowest BCUT2D eigenvalue weighted by Crippen LogP contribution is -2.27. The topological polar surface area (TPSA) is 55.4 Å². The Morgan fingerprint density at radius 2 is 2.00 bits per heavy atom. The van der Waals surface area contributed by atoms with Crippen LogP contribution in [0.25, 0.3) is 0 Å². The molecule has 1 aromatic rings. The fourth-order valence-corrected chi connectivity index (χ4v) is 6.02. The van der Waals surface area contributed by atoms with Crippen molar-refractivity contribution >= 4 is 28.2 Å². The van der Waals surface area contributed by atoms with E-state index < -0.39 is 0 Å². The van der Waals surface area contributed by atoms with E-state index in [0.29, 0.717) is 11.5 Å². The van der Waals surface area contributed by atoms with Crippen LogP contribution in [-0.2, 0) is 22.4 Å². The number of hydrogen-bond acceptors (Lipinski definition) is 4. The number of thiophene rings is 1. The van der Waals surface area contributed by atoms with Crippen LogP contribution in [-0.4, -0.2) is 19.0 Å². The third-order valence-corrected chi connectivity index (χ3v) is 7.08. The molecular weight excluding hydrogens is 310 g/mol. The van der Waals surface area contributed by atoms with Crippen LogP contribution in [0.15, 0.2) is 0 Å². The molecule has 0 aliphatic heterocycles. The molecule has 0 spiro atoms. The highest BCUT2D eigenvalue weighted by Gasteiger charge is 2.43. The van der Waals surface area contributed by atoms with Gasteiger partial charge in [-0.1, -0.05) is 6.42 Å². The summed E-state index contributed by atoms with van der Waals surface area (Å²) in [5.41, 5.74) is 1.72. The number of nitrogens with one attached hydrogen (secondary N) is 1. The quantitative estimate of drug-likeness (QED) is 0.856. The van der Waals surface area contributed by atoms with Crippen molar-refractivity contribution in [3.8, 4) is 0 Å². The van der Waals surface area contributed by atoms with Gasteiger partial charge in [0.1, 0.15) is 5.00 Å². The lowest BCUT2D eigenvalue weighted by atomic mass is 9.88. The van der Waals surface area contributed by atoms with Gasteiger partial charge >= 0.3 is 5.97 Å². The number of rotatable bonds is 3. The highest BCUT2D eigenvalue weighted by molar-refractivity contribution is 7.17. The number of methoxy groups -OCH3 is 1. The van der Waals surface area contributed by atoms with Gasteiger partial charge in [-0.2, -0.15) is 0 Å². The van der Waals surface area contributed by atoms with Crippen LogP contribution in [0.1, 0.15) is 59.3 Å². The maximum atomic E-state index is 12.7. The molecule has 2 fully saturated rings. The zero-order valence-corrected chi connectivity index (χ0v) is 14.3. The molecule has 0 aromatic carbocycles. The minimum Gasteiger partial charge on any atom is -0.465 e. The summed E-state index contributed by atoms with van der Waals surface area (Å²) in [5, 5.41) is 3.81. The molecule has 4 rings (SSSR count). The molecule has 1 heterocycles. The van der Waals surface area contributed by atoms with Gasteiger partial charge in [-0.05, 0) is 62.3 Å². The number of fused-ring (bicyclic) bond motifs is 3. The lowest BCUT2D eigenvalue weighted by Gasteiger charge is -2.20. The van der Waals surface area contributed by atoms with Gasteiger partial charge in [0.25, 0.3) is 0 Å². The minimum atomic E-state index is -0.312. The highest BCUT2D eigenvalue weighted by Crippen LogP contribution is 2.49. The smallest absolute Gasteiger partial charge is 0.341 e. The summed E-state index contributed by atoms with van der Waals surface area (Å²) in [6, 6.07) is 0. The molecule has 3 atom stereocenters. The third kappa shape index (κ3) is 2.59. The average molecular weight is 333 g/mol. The Bertz CT molecular complexity index is 651. The third-order valence-electron chi connectivity index (χ3n) is 5.87. The van der Waals surface area contributed by atoms with Crippen LogP contribution >= 0.6 is 11.3 Å². The fraction of sp³-hybridized carbons (Fsp3) is 0.667. The van der Waals surface area contributed by atoms with E-state index >= 15 is 0 Å². The van der Waals surface area contributed by atoms with Crippen molar-refractivity contribution in [1.82, 2.24) is 0 Å². The van der Waals surface area contributed by atoms with Gasteiger partial charge < -0.3 is 10.1 Å². The Labute approximate surface area is 140 Å². The van der Waals surface area contributed by atoms with Crippen molar-refractivity contribution in [2.24, 2.45) is 17.8 Å². The normalized spacial score (nSPS) is 28.5. The minimum absolute atomic E-state index is 0.112. The molecule has 23 heavy (non-hydrogen) atoms. The molecule has 4 nitrogen and oxygen atoms in total. The van der Waals surface area contributed by atoms with Crippen molar-refractivity contribution in [3.05, 3.63) is 16.0 Å². The molecule has 3 aliphatic rings. The van der Waals surface area contributed by atoms with Crippen molar-refractivity contribution in [3.63, 3.8) is 0 Å². The predicted octanol–water partition coefficient (Wildman–Crippen LogP) is 3.79. The van der Waals surface area contributed by atoms with E-state index in [-0.39, 0.29) is 17.8 Å². The summed E-state index contributed by atoms with van der Waals surface area (Å²) in [6.45, 7) is 0. The van der Waals surface area contributed by atoms with Crippen molar-refractivity contribution in [2.45, 2.75) is 51.4 Å². The first-order valence-corrected chi connectivity index (χ1v) is 9.52. The number of ether oxygens (including phenoxy) is 1. The van der Waals surface area contributed by atoms with E-state index in [1.54, 1.807) is 11.3 Å². The molecule has 5 heteroatoms. The van der Waals surface area contributed by atoms with Gasteiger partial charge in [0.05, 0.1) is 12.7 Å². The Hall–Kier alpha value is -1.36.